The van der Waals surface area contributed by atoms with Crippen LogP contribution in [0.1, 0.15) is 0 Å². The molecule has 0 aliphatic heterocycles. The molecular weight excluding hydrogens is 313 g/mol. The number of nitrogens with one attached hydrogen (secondary N) is 1. The van der Waals surface area contributed by atoms with E-state index in [0.29, 0.717) is 5.69 Å². The monoisotopic (exact) mass is 325 g/mol. The molecule has 2 rings (SSSR count). The Bertz CT molecular complexity index is 501. The fourth-order valence-electron chi connectivity index (χ4n) is 1.49. The Hall–Kier alpha value is -1.00. The van der Waals surface area contributed by atoms with E-state index in [9.17, 15) is 4.39 Å². The summed E-state index contributed by atoms with van der Waals surface area (Å²) >= 11 is 5.15. The molecule has 2 aromatic rings. The van der Waals surface area contributed by atoms with Crippen molar-refractivity contribution < 1.29 is 4.39 Å². The van der Waals surface area contributed by atoms with Crippen LogP contribution in [0.4, 0.5) is 10.1 Å². The summed E-state index contributed by atoms with van der Waals surface area (Å²) in [4.78, 5) is 1.22. The highest BCUT2D eigenvalue weighted by Crippen LogP contribution is 2.20. The van der Waals surface area contributed by atoms with Crippen LogP contribution in [0.15, 0.2) is 57.9 Å². The van der Waals surface area contributed by atoms with Gasteiger partial charge in [0.15, 0.2) is 0 Å². The number of anilines is 1. The maximum absolute atomic E-state index is 13.3. The molecule has 4 heteroatoms. The molecule has 1 N–H and O–H groups in total. The lowest BCUT2D eigenvalue weighted by Gasteiger charge is -2.07. The average molecular weight is 326 g/mol. The molecule has 0 aliphatic rings. The van der Waals surface area contributed by atoms with Gasteiger partial charge in [0, 0.05) is 21.7 Å². The maximum Gasteiger partial charge on any atom is 0.146 e. The molecule has 0 radical (unpaired) electrons. The van der Waals surface area contributed by atoms with E-state index in [-0.39, 0.29) is 5.82 Å². The lowest BCUT2D eigenvalue weighted by Crippen LogP contribution is -2.05. The van der Waals surface area contributed by atoms with Crippen LogP contribution in [0, 0.1) is 5.82 Å². The van der Waals surface area contributed by atoms with E-state index in [0.717, 1.165) is 16.8 Å². The third kappa shape index (κ3) is 4.03. The summed E-state index contributed by atoms with van der Waals surface area (Å²) in [6.07, 6.45) is 0. The molecule has 0 bridgehead atoms. The first kappa shape index (κ1) is 13.4. The summed E-state index contributed by atoms with van der Waals surface area (Å²) in [5.41, 5.74) is 0.564. The molecule has 0 spiro atoms. The minimum absolute atomic E-state index is 0.203. The predicted molar refractivity (Wildman–Crippen MR) is 79.8 cm³/mol. The summed E-state index contributed by atoms with van der Waals surface area (Å²) in [6.45, 7) is 0.738. The molecule has 0 saturated carbocycles. The SMILES string of the molecule is Fc1ccccc1NCCSc1ccc(Br)cc1. The first-order valence-electron chi connectivity index (χ1n) is 5.62. The molecular formula is C14H13BrFNS. The first-order valence-corrected chi connectivity index (χ1v) is 7.40. The first-order chi connectivity index (χ1) is 8.75. The van der Waals surface area contributed by atoms with Gasteiger partial charge in [-0.25, -0.2) is 4.39 Å². The lowest BCUT2D eigenvalue weighted by molar-refractivity contribution is 0.630. The Morgan fingerprint density at radius 2 is 1.78 bits per heavy atom. The number of benzene rings is 2. The van der Waals surface area contributed by atoms with E-state index in [1.807, 2.05) is 18.2 Å². The molecule has 0 saturated heterocycles. The molecule has 18 heavy (non-hydrogen) atoms. The van der Waals surface area contributed by atoms with Crippen molar-refractivity contribution in [2.45, 2.75) is 4.90 Å². The average Bonchev–Trinajstić information content (AvgIpc) is 2.39. The Kier molecular flexibility index (Phi) is 5.08. The van der Waals surface area contributed by atoms with Gasteiger partial charge in [-0.3, -0.25) is 0 Å². The summed E-state index contributed by atoms with van der Waals surface area (Å²) in [6, 6.07) is 14.9. The van der Waals surface area contributed by atoms with E-state index < -0.39 is 0 Å². The Balaban J connectivity index is 1.76. The molecule has 2 aromatic carbocycles. The molecule has 0 aliphatic carbocycles. The third-order valence-electron chi connectivity index (χ3n) is 2.37. The van der Waals surface area contributed by atoms with E-state index in [1.165, 1.54) is 11.0 Å². The molecule has 0 unspecified atom stereocenters. The van der Waals surface area contributed by atoms with Gasteiger partial charge in [0.05, 0.1) is 5.69 Å². The summed E-state index contributed by atoms with van der Waals surface area (Å²) in [7, 11) is 0. The largest absolute Gasteiger partial charge is 0.382 e. The van der Waals surface area contributed by atoms with Gasteiger partial charge >= 0.3 is 0 Å². The highest BCUT2D eigenvalue weighted by atomic mass is 79.9. The van der Waals surface area contributed by atoms with Crippen LogP contribution in [0.2, 0.25) is 0 Å². The van der Waals surface area contributed by atoms with E-state index in [1.54, 1.807) is 23.9 Å². The summed E-state index contributed by atoms with van der Waals surface area (Å²) < 4.78 is 14.4. The zero-order chi connectivity index (χ0) is 12.8. The van der Waals surface area contributed by atoms with Crippen molar-refractivity contribution in [1.82, 2.24) is 0 Å². The zero-order valence-corrected chi connectivity index (χ0v) is 12.1. The predicted octanol–water partition coefficient (Wildman–Crippen LogP) is 4.79. The highest BCUT2D eigenvalue weighted by Gasteiger charge is 1.99. The molecule has 0 atom stereocenters. The normalized spacial score (nSPS) is 10.3. The zero-order valence-electron chi connectivity index (χ0n) is 9.70. The van der Waals surface area contributed by atoms with Gasteiger partial charge < -0.3 is 5.32 Å². The van der Waals surface area contributed by atoms with Crippen LogP contribution in [0.25, 0.3) is 0 Å². The van der Waals surface area contributed by atoms with Crippen molar-refractivity contribution in [3.05, 3.63) is 58.8 Å². The number of halogens is 2. The van der Waals surface area contributed by atoms with Crippen LogP contribution in [-0.4, -0.2) is 12.3 Å². The Morgan fingerprint density at radius 3 is 2.50 bits per heavy atom. The lowest BCUT2D eigenvalue weighted by atomic mass is 10.3. The van der Waals surface area contributed by atoms with Crippen molar-refractivity contribution in [2.75, 3.05) is 17.6 Å². The second kappa shape index (κ2) is 6.81. The molecule has 0 fully saturated rings. The smallest absolute Gasteiger partial charge is 0.146 e. The van der Waals surface area contributed by atoms with Gasteiger partial charge in [-0.1, -0.05) is 28.1 Å². The number of thioether (sulfide) groups is 1. The van der Waals surface area contributed by atoms with Crippen LogP contribution in [-0.2, 0) is 0 Å². The number of hydrogen-bond acceptors (Lipinski definition) is 2. The van der Waals surface area contributed by atoms with Gasteiger partial charge in [-0.2, -0.15) is 0 Å². The van der Waals surface area contributed by atoms with Gasteiger partial charge in [-0.05, 0) is 36.4 Å². The number of rotatable bonds is 5. The Labute approximate surface area is 119 Å². The minimum Gasteiger partial charge on any atom is -0.382 e. The second-order valence-electron chi connectivity index (χ2n) is 3.71. The number of hydrogen-bond donors (Lipinski definition) is 1. The number of para-hydroxylation sites is 1. The standard InChI is InChI=1S/C14H13BrFNS/c15-11-5-7-12(8-6-11)18-10-9-17-14-4-2-1-3-13(14)16/h1-8,17H,9-10H2. The van der Waals surface area contributed by atoms with Crippen molar-refractivity contribution >= 4 is 33.4 Å². The van der Waals surface area contributed by atoms with E-state index >= 15 is 0 Å². The van der Waals surface area contributed by atoms with Gasteiger partial charge in [-0.15, -0.1) is 11.8 Å². The molecule has 0 heterocycles. The van der Waals surface area contributed by atoms with Crippen LogP contribution in [0.3, 0.4) is 0 Å². The molecule has 0 amide bonds. The van der Waals surface area contributed by atoms with Crippen molar-refractivity contribution in [2.24, 2.45) is 0 Å². The highest BCUT2D eigenvalue weighted by molar-refractivity contribution is 9.10. The van der Waals surface area contributed by atoms with Gasteiger partial charge in [0.1, 0.15) is 5.82 Å². The van der Waals surface area contributed by atoms with Crippen LogP contribution in [0.5, 0.6) is 0 Å². The quantitative estimate of drug-likeness (QED) is 0.626. The fourth-order valence-corrected chi connectivity index (χ4v) is 2.52. The van der Waals surface area contributed by atoms with Gasteiger partial charge in [0.25, 0.3) is 0 Å². The fraction of sp³-hybridized carbons (Fsp3) is 0.143. The minimum atomic E-state index is -0.203. The molecule has 0 aromatic heterocycles. The van der Waals surface area contributed by atoms with Crippen molar-refractivity contribution in [3.63, 3.8) is 0 Å². The van der Waals surface area contributed by atoms with E-state index in [2.05, 4.69) is 33.4 Å². The summed E-state index contributed by atoms with van der Waals surface area (Å²) in [5.74, 6) is 0.696. The van der Waals surface area contributed by atoms with Crippen molar-refractivity contribution in [1.29, 1.82) is 0 Å². The summed E-state index contributed by atoms with van der Waals surface area (Å²) in [5, 5.41) is 3.09. The van der Waals surface area contributed by atoms with E-state index in [4.69, 9.17) is 0 Å². The van der Waals surface area contributed by atoms with Crippen LogP contribution >= 0.6 is 27.7 Å². The third-order valence-corrected chi connectivity index (χ3v) is 3.92. The van der Waals surface area contributed by atoms with Crippen LogP contribution < -0.4 is 5.32 Å². The van der Waals surface area contributed by atoms with Gasteiger partial charge in [0.2, 0.25) is 0 Å². The maximum atomic E-state index is 13.3. The Morgan fingerprint density at radius 1 is 1.06 bits per heavy atom. The topological polar surface area (TPSA) is 12.0 Å². The molecule has 1 nitrogen and oxygen atoms in total. The van der Waals surface area contributed by atoms with Crippen molar-refractivity contribution in [3.8, 4) is 0 Å². The molecule has 94 valence electrons. The second-order valence-corrected chi connectivity index (χ2v) is 5.79.